The van der Waals surface area contributed by atoms with Gasteiger partial charge in [0.25, 0.3) is 5.91 Å². The van der Waals surface area contributed by atoms with E-state index in [2.05, 4.69) is 10.3 Å². The van der Waals surface area contributed by atoms with E-state index in [1.165, 1.54) is 34.6 Å². The molecule has 7 nitrogen and oxygen atoms in total. The van der Waals surface area contributed by atoms with Crippen LogP contribution in [0, 0.1) is 0 Å². The number of halogens is 3. The number of hydrogen-bond acceptors (Lipinski definition) is 4. The molecule has 0 atom stereocenters. The Morgan fingerprint density at radius 3 is 2.25 bits per heavy atom. The average molecular weight is 467 g/mol. The lowest BCUT2D eigenvalue weighted by Crippen LogP contribution is -2.30. The van der Waals surface area contributed by atoms with Crippen LogP contribution in [-0.4, -0.2) is 36.7 Å². The molecule has 0 radical (unpaired) electrons. The fourth-order valence-electron chi connectivity index (χ4n) is 3.28. The van der Waals surface area contributed by atoms with E-state index in [-0.39, 0.29) is 21.5 Å². The Hall–Kier alpha value is -3.18. The van der Waals surface area contributed by atoms with Gasteiger partial charge in [-0.1, -0.05) is 19.9 Å². The van der Waals surface area contributed by atoms with Crippen molar-refractivity contribution in [3.05, 3.63) is 70.0 Å². The van der Waals surface area contributed by atoms with Gasteiger partial charge in [0.15, 0.2) is 0 Å². The molecule has 0 saturated carbocycles. The molecule has 1 heterocycles. The quantitative estimate of drug-likeness (QED) is 0.576. The maximum Gasteiger partial charge on any atom is 0.418 e. The molecule has 1 amide bonds. The first-order valence-corrected chi connectivity index (χ1v) is 11.1. The fourth-order valence-corrected chi connectivity index (χ4v) is 4.74. The largest absolute Gasteiger partial charge is 0.418 e. The van der Waals surface area contributed by atoms with Gasteiger partial charge >= 0.3 is 6.18 Å². The van der Waals surface area contributed by atoms with Gasteiger partial charge in [0.1, 0.15) is 5.56 Å². The summed E-state index contributed by atoms with van der Waals surface area (Å²) in [6.45, 7) is 4.04. The molecule has 0 fully saturated rings. The van der Waals surface area contributed by atoms with E-state index < -0.39 is 38.6 Å². The Labute approximate surface area is 181 Å². The molecule has 2 N–H and O–H groups in total. The molecule has 11 heteroatoms. The van der Waals surface area contributed by atoms with Crippen molar-refractivity contribution in [1.82, 2.24) is 9.29 Å². The standard InChI is InChI=1S/C21H20F3N3O4S/c1-3-27(4-2)32(30,31)14-10-8-13(9-11-14)26-20(29)16-12-25-18-15(19(16)28)6-5-7-17(18)21(22,23)24/h5-12H,3-4H2,1-2H3,(H,25,28)(H,26,29). The normalized spacial score (nSPS) is 12.3. The minimum atomic E-state index is -4.67. The van der Waals surface area contributed by atoms with Gasteiger partial charge in [-0.15, -0.1) is 0 Å². The minimum Gasteiger partial charge on any atom is -0.360 e. The smallest absolute Gasteiger partial charge is 0.360 e. The number of nitrogens with zero attached hydrogens (tertiary/aromatic N) is 1. The lowest BCUT2D eigenvalue weighted by Gasteiger charge is -2.18. The maximum atomic E-state index is 13.2. The first kappa shape index (κ1) is 23.5. The molecule has 0 aliphatic rings. The molecular weight excluding hydrogens is 447 g/mol. The molecule has 0 unspecified atom stereocenters. The molecular formula is C21H20F3N3O4S. The number of rotatable bonds is 6. The van der Waals surface area contributed by atoms with Crippen LogP contribution in [0.2, 0.25) is 0 Å². The topological polar surface area (TPSA) is 99.3 Å². The van der Waals surface area contributed by atoms with Gasteiger partial charge in [-0.2, -0.15) is 17.5 Å². The molecule has 170 valence electrons. The second-order valence-electron chi connectivity index (χ2n) is 6.83. The van der Waals surface area contributed by atoms with Crippen molar-refractivity contribution < 1.29 is 26.4 Å². The van der Waals surface area contributed by atoms with E-state index in [4.69, 9.17) is 0 Å². The zero-order chi connectivity index (χ0) is 23.7. The van der Waals surface area contributed by atoms with Crippen molar-refractivity contribution in [2.24, 2.45) is 0 Å². The summed E-state index contributed by atoms with van der Waals surface area (Å²) in [5.41, 5.74) is -2.44. The number of anilines is 1. The van der Waals surface area contributed by atoms with Crippen LogP contribution < -0.4 is 10.7 Å². The number of carbonyl (C=O) groups is 1. The highest BCUT2D eigenvalue weighted by Crippen LogP contribution is 2.33. The van der Waals surface area contributed by atoms with Crippen LogP contribution in [0.4, 0.5) is 18.9 Å². The lowest BCUT2D eigenvalue weighted by molar-refractivity contribution is -0.136. The second kappa shape index (κ2) is 8.75. The highest BCUT2D eigenvalue weighted by atomic mass is 32.2. The third kappa shape index (κ3) is 4.39. The summed E-state index contributed by atoms with van der Waals surface area (Å²) < 4.78 is 65.8. The highest BCUT2D eigenvalue weighted by molar-refractivity contribution is 7.89. The first-order valence-electron chi connectivity index (χ1n) is 9.63. The Morgan fingerprint density at radius 1 is 1.06 bits per heavy atom. The molecule has 1 aromatic heterocycles. The summed E-state index contributed by atoms with van der Waals surface area (Å²) in [7, 11) is -3.67. The van der Waals surface area contributed by atoms with Crippen LogP contribution >= 0.6 is 0 Å². The van der Waals surface area contributed by atoms with E-state index in [9.17, 15) is 31.2 Å². The molecule has 0 aliphatic heterocycles. The molecule has 0 bridgehead atoms. The van der Waals surface area contributed by atoms with Crippen molar-refractivity contribution in [1.29, 1.82) is 0 Å². The minimum absolute atomic E-state index is 0.0439. The number of alkyl halides is 3. The Bertz CT molecular complexity index is 1310. The number of para-hydroxylation sites is 1. The van der Waals surface area contributed by atoms with Crippen molar-refractivity contribution >= 4 is 32.5 Å². The van der Waals surface area contributed by atoms with Gasteiger partial charge < -0.3 is 10.3 Å². The summed E-state index contributed by atoms with van der Waals surface area (Å²) in [4.78, 5) is 27.6. The second-order valence-corrected chi connectivity index (χ2v) is 8.76. The Balaban J connectivity index is 1.90. The third-order valence-corrected chi connectivity index (χ3v) is 6.98. The Morgan fingerprint density at radius 2 is 1.69 bits per heavy atom. The third-order valence-electron chi connectivity index (χ3n) is 4.92. The number of nitrogens with one attached hydrogen (secondary N) is 2. The van der Waals surface area contributed by atoms with Crippen LogP contribution in [0.5, 0.6) is 0 Å². The van der Waals surface area contributed by atoms with E-state index in [0.29, 0.717) is 13.1 Å². The van der Waals surface area contributed by atoms with Crippen LogP contribution in [-0.2, 0) is 16.2 Å². The molecule has 0 aliphatic carbocycles. The predicted molar refractivity (Wildman–Crippen MR) is 114 cm³/mol. The number of carbonyl (C=O) groups excluding carboxylic acids is 1. The summed E-state index contributed by atoms with van der Waals surface area (Å²) in [6.07, 6.45) is -3.74. The van der Waals surface area contributed by atoms with Crippen molar-refractivity contribution in [2.45, 2.75) is 24.9 Å². The van der Waals surface area contributed by atoms with E-state index >= 15 is 0 Å². The number of pyridine rings is 1. The maximum absolute atomic E-state index is 13.2. The Kier molecular flexibility index (Phi) is 6.42. The number of aromatic amines is 1. The lowest BCUT2D eigenvalue weighted by atomic mass is 10.1. The molecule has 3 aromatic rings. The molecule has 3 rings (SSSR count). The number of H-pyrrole nitrogens is 1. The van der Waals surface area contributed by atoms with E-state index in [1.807, 2.05) is 0 Å². The van der Waals surface area contributed by atoms with Gasteiger partial charge in [-0.25, -0.2) is 8.42 Å². The number of amides is 1. The van der Waals surface area contributed by atoms with E-state index in [0.717, 1.165) is 18.3 Å². The van der Waals surface area contributed by atoms with Gasteiger partial charge in [0.2, 0.25) is 15.5 Å². The van der Waals surface area contributed by atoms with Gasteiger partial charge in [-0.3, -0.25) is 9.59 Å². The summed E-state index contributed by atoms with van der Waals surface area (Å²) >= 11 is 0. The van der Waals surface area contributed by atoms with E-state index in [1.54, 1.807) is 13.8 Å². The molecule has 0 saturated heterocycles. The van der Waals surface area contributed by atoms with Crippen molar-refractivity contribution in [3.63, 3.8) is 0 Å². The number of hydrogen-bond donors (Lipinski definition) is 2. The number of fused-ring (bicyclic) bond motifs is 1. The first-order chi connectivity index (χ1) is 15.0. The van der Waals surface area contributed by atoms with Crippen LogP contribution in [0.15, 0.2) is 58.4 Å². The van der Waals surface area contributed by atoms with Crippen LogP contribution in [0.25, 0.3) is 10.9 Å². The fraction of sp³-hybridized carbons (Fsp3) is 0.238. The molecule has 2 aromatic carbocycles. The zero-order valence-corrected chi connectivity index (χ0v) is 18.0. The SMILES string of the molecule is CCN(CC)S(=O)(=O)c1ccc(NC(=O)c2c[nH]c3c(C(F)(F)F)cccc3c2=O)cc1. The van der Waals surface area contributed by atoms with Crippen LogP contribution in [0.1, 0.15) is 29.8 Å². The number of sulfonamides is 1. The summed E-state index contributed by atoms with van der Waals surface area (Å²) in [5, 5.41) is 2.18. The van der Waals surface area contributed by atoms with Gasteiger partial charge in [0, 0.05) is 30.4 Å². The number of aromatic nitrogens is 1. The molecule has 32 heavy (non-hydrogen) atoms. The zero-order valence-electron chi connectivity index (χ0n) is 17.2. The monoisotopic (exact) mass is 467 g/mol. The molecule has 0 spiro atoms. The number of benzene rings is 2. The summed E-state index contributed by atoms with van der Waals surface area (Å²) in [6, 6.07) is 8.51. The highest BCUT2D eigenvalue weighted by Gasteiger charge is 2.33. The summed E-state index contributed by atoms with van der Waals surface area (Å²) in [5.74, 6) is -0.843. The van der Waals surface area contributed by atoms with Gasteiger partial charge in [-0.05, 0) is 36.4 Å². The van der Waals surface area contributed by atoms with Gasteiger partial charge in [0.05, 0.1) is 16.0 Å². The van der Waals surface area contributed by atoms with Crippen LogP contribution in [0.3, 0.4) is 0 Å². The predicted octanol–water partition coefficient (Wildman–Crippen LogP) is 3.83. The average Bonchev–Trinajstić information content (AvgIpc) is 2.74. The van der Waals surface area contributed by atoms with Crippen molar-refractivity contribution in [2.75, 3.05) is 18.4 Å². The van der Waals surface area contributed by atoms with Crippen molar-refractivity contribution in [3.8, 4) is 0 Å².